The number of nitrogens with zero attached hydrogens (tertiary/aromatic N) is 2. The SMILES string of the molecule is NCCc1nn2c(c1C1CCCC1)CCC2. The van der Waals surface area contributed by atoms with Gasteiger partial charge < -0.3 is 5.73 Å². The smallest absolute Gasteiger partial charge is 0.0674 e. The van der Waals surface area contributed by atoms with E-state index < -0.39 is 0 Å². The minimum Gasteiger partial charge on any atom is -0.330 e. The van der Waals surface area contributed by atoms with E-state index in [1.54, 1.807) is 5.56 Å². The molecule has 1 saturated carbocycles. The van der Waals surface area contributed by atoms with Gasteiger partial charge in [0.15, 0.2) is 0 Å². The molecule has 2 heterocycles. The van der Waals surface area contributed by atoms with Crippen LogP contribution < -0.4 is 5.73 Å². The zero-order valence-electron chi connectivity index (χ0n) is 9.91. The van der Waals surface area contributed by atoms with Crippen molar-refractivity contribution < 1.29 is 0 Å². The van der Waals surface area contributed by atoms with Gasteiger partial charge in [-0.1, -0.05) is 12.8 Å². The molecule has 1 aromatic heterocycles. The van der Waals surface area contributed by atoms with Crippen molar-refractivity contribution in [2.75, 3.05) is 6.54 Å². The standard InChI is InChI=1S/C13H21N3/c14-8-7-11-13(10-4-1-2-5-10)12-6-3-9-16(12)15-11/h10H,1-9,14H2. The highest BCUT2D eigenvalue weighted by Crippen LogP contribution is 2.39. The minimum atomic E-state index is 0.732. The highest BCUT2D eigenvalue weighted by atomic mass is 15.3. The molecule has 2 aliphatic rings. The van der Waals surface area contributed by atoms with Crippen molar-refractivity contribution in [3.8, 4) is 0 Å². The Kier molecular flexibility index (Phi) is 2.72. The summed E-state index contributed by atoms with van der Waals surface area (Å²) in [6.07, 6.45) is 9.03. The minimum absolute atomic E-state index is 0.732. The highest BCUT2D eigenvalue weighted by Gasteiger charge is 2.28. The van der Waals surface area contributed by atoms with Gasteiger partial charge in [-0.05, 0) is 43.7 Å². The van der Waals surface area contributed by atoms with Crippen molar-refractivity contribution in [2.24, 2.45) is 5.73 Å². The first-order valence-corrected chi connectivity index (χ1v) is 6.68. The van der Waals surface area contributed by atoms with Crippen LogP contribution in [0.1, 0.15) is 55.0 Å². The molecule has 2 N–H and O–H groups in total. The van der Waals surface area contributed by atoms with Crippen LogP contribution in [0.15, 0.2) is 0 Å². The van der Waals surface area contributed by atoms with Crippen LogP contribution >= 0.6 is 0 Å². The van der Waals surface area contributed by atoms with E-state index in [1.165, 1.54) is 49.9 Å². The first-order valence-electron chi connectivity index (χ1n) is 6.68. The molecule has 3 rings (SSSR count). The van der Waals surface area contributed by atoms with Crippen LogP contribution in [0.3, 0.4) is 0 Å². The number of hydrogen-bond donors (Lipinski definition) is 1. The average Bonchev–Trinajstić information content (AvgIpc) is 2.91. The Labute approximate surface area is 97.0 Å². The summed E-state index contributed by atoms with van der Waals surface area (Å²) < 4.78 is 2.25. The van der Waals surface area contributed by atoms with Crippen LogP contribution in [-0.4, -0.2) is 16.3 Å². The molecule has 3 heteroatoms. The Morgan fingerprint density at radius 3 is 2.81 bits per heavy atom. The largest absolute Gasteiger partial charge is 0.330 e. The Hall–Kier alpha value is -0.830. The molecule has 0 atom stereocenters. The molecule has 0 spiro atoms. The molecule has 0 unspecified atom stereocenters. The van der Waals surface area contributed by atoms with Crippen molar-refractivity contribution in [1.82, 2.24) is 9.78 Å². The molecule has 0 aromatic carbocycles. The summed E-state index contributed by atoms with van der Waals surface area (Å²) in [6.45, 7) is 1.86. The van der Waals surface area contributed by atoms with Crippen LogP contribution in [0.4, 0.5) is 0 Å². The van der Waals surface area contributed by atoms with Crippen LogP contribution in [-0.2, 0) is 19.4 Å². The number of rotatable bonds is 3. The van der Waals surface area contributed by atoms with Gasteiger partial charge in [-0.15, -0.1) is 0 Å². The molecule has 3 nitrogen and oxygen atoms in total. The van der Waals surface area contributed by atoms with Gasteiger partial charge in [-0.3, -0.25) is 4.68 Å². The third-order valence-corrected chi connectivity index (χ3v) is 4.10. The van der Waals surface area contributed by atoms with Crippen LogP contribution in [0.5, 0.6) is 0 Å². The number of aryl methyl sites for hydroxylation is 1. The third kappa shape index (κ3) is 1.58. The fraction of sp³-hybridized carbons (Fsp3) is 0.769. The Balaban J connectivity index is 1.98. The van der Waals surface area contributed by atoms with Crippen LogP contribution in [0, 0.1) is 0 Å². The van der Waals surface area contributed by atoms with Crippen LogP contribution in [0.2, 0.25) is 0 Å². The van der Waals surface area contributed by atoms with E-state index in [2.05, 4.69) is 4.68 Å². The number of aromatic nitrogens is 2. The number of hydrogen-bond acceptors (Lipinski definition) is 2. The Morgan fingerprint density at radius 1 is 1.25 bits per heavy atom. The fourth-order valence-electron chi connectivity index (χ4n) is 3.42. The lowest BCUT2D eigenvalue weighted by atomic mass is 9.93. The van der Waals surface area contributed by atoms with E-state index in [9.17, 15) is 0 Å². The molecule has 0 amide bonds. The van der Waals surface area contributed by atoms with Crippen molar-refractivity contribution >= 4 is 0 Å². The molecule has 0 saturated heterocycles. The van der Waals surface area contributed by atoms with E-state index in [0.717, 1.165) is 25.4 Å². The molecule has 1 aromatic rings. The van der Waals surface area contributed by atoms with Gasteiger partial charge in [0.2, 0.25) is 0 Å². The second-order valence-electron chi connectivity index (χ2n) is 5.15. The highest BCUT2D eigenvalue weighted by molar-refractivity contribution is 5.33. The maximum Gasteiger partial charge on any atom is 0.0674 e. The summed E-state index contributed by atoms with van der Waals surface area (Å²) in [5, 5.41) is 4.76. The van der Waals surface area contributed by atoms with E-state index in [1.807, 2.05) is 0 Å². The summed E-state index contributed by atoms with van der Waals surface area (Å²) in [5.74, 6) is 0.795. The zero-order valence-corrected chi connectivity index (χ0v) is 9.91. The maximum absolute atomic E-state index is 5.70. The van der Waals surface area contributed by atoms with Gasteiger partial charge in [0.25, 0.3) is 0 Å². The first-order chi connectivity index (χ1) is 7.90. The predicted octanol–water partition coefficient (Wildman–Crippen LogP) is 1.99. The Bertz CT molecular complexity index is 375. The van der Waals surface area contributed by atoms with E-state index >= 15 is 0 Å². The van der Waals surface area contributed by atoms with E-state index in [-0.39, 0.29) is 0 Å². The fourth-order valence-corrected chi connectivity index (χ4v) is 3.42. The van der Waals surface area contributed by atoms with Gasteiger partial charge in [-0.25, -0.2) is 0 Å². The monoisotopic (exact) mass is 219 g/mol. The molecule has 16 heavy (non-hydrogen) atoms. The average molecular weight is 219 g/mol. The van der Waals surface area contributed by atoms with Crippen molar-refractivity contribution in [2.45, 2.75) is 57.4 Å². The van der Waals surface area contributed by atoms with Gasteiger partial charge in [0.1, 0.15) is 0 Å². The van der Waals surface area contributed by atoms with Gasteiger partial charge in [0, 0.05) is 18.7 Å². The molecule has 0 bridgehead atoms. The Morgan fingerprint density at radius 2 is 2.06 bits per heavy atom. The first kappa shape index (κ1) is 10.3. The lowest BCUT2D eigenvalue weighted by Gasteiger charge is -2.11. The molecule has 1 aliphatic heterocycles. The molecule has 88 valence electrons. The molecular formula is C13H21N3. The second kappa shape index (κ2) is 4.21. The lowest BCUT2D eigenvalue weighted by molar-refractivity contribution is 0.642. The normalized spacial score (nSPS) is 20.6. The van der Waals surface area contributed by atoms with E-state index in [4.69, 9.17) is 10.8 Å². The predicted molar refractivity (Wildman–Crippen MR) is 64.5 cm³/mol. The van der Waals surface area contributed by atoms with Gasteiger partial charge in [-0.2, -0.15) is 5.10 Å². The molecule has 1 aliphatic carbocycles. The maximum atomic E-state index is 5.70. The summed E-state index contributed by atoms with van der Waals surface area (Å²) >= 11 is 0. The second-order valence-corrected chi connectivity index (χ2v) is 5.15. The van der Waals surface area contributed by atoms with Crippen molar-refractivity contribution in [1.29, 1.82) is 0 Å². The quantitative estimate of drug-likeness (QED) is 0.845. The lowest BCUT2D eigenvalue weighted by Crippen LogP contribution is -2.07. The molecule has 1 fully saturated rings. The molecule has 0 radical (unpaired) electrons. The van der Waals surface area contributed by atoms with Crippen molar-refractivity contribution in [3.63, 3.8) is 0 Å². The summed E-state index contributed by atoms with van der Waals surface area (Å²) in [7, 11) is 0. The van der Waals surface area contributed by atoms with Crippen LogP contribution in [0.25, 0.3) is 0 Å². The topological polar surface area (TPSA) is 43.8 Å². The summed E-state index contributed by atoms with van der Waals surface area (Å²) in [5.41, 5.74) is 10.1. The van der Waals surface area contributed by atoms with E-state index in [0.29, 0.717) is 0 Å². The number of fused-ring (bicyclic) bond motifs is 1. The third-order valence-electron chi connectivity index (χ3n) is 4.10. The van der Waals surface area contributed by atoms with Crippen molar-refractivity contribution in [3.05, 3.63) is 17.0 Å². The van der Waals surface area contributed by atoms with Gasteiger partial charge in [0.05, 0.1) is 5.69 Å². The number of nitrogens with two attached hydrogens (primary N) is 1. The zero-order chi connectivity index (χ0) is 11.0. The summed E-state index contributed by atoms with van der Waals surface area (Å²) in [4.78, 5) is 0. The summed E-state index contributed by atoms with van der Waals surface area (Å²) in [6, 6.07) is 0. The molecular weight excluding hydrogens is 198 g/mol. The van der Waals surface area contributed by atoms with Gasteiger partial charge >= 0.3 is 0 Å².